The minimum Gasteiger partial charge on any atom is -0.370 e. The van der Waals surface area contributed by atoms with Crippen molar-refractivity contribution in [3.8, 4) is 0 Å². The first-order valence-electron chi connectivity index (χ1n) is 9.34. The fourth-order valence-electron chi connectivity index (χ4n) is 3.63. The van der Waals surface area contributed by atoms with E-state index < -0.39 is 0 Å². The Morgan fingerprint density at radius 3 is 2.88 bits per heavy atom. The summed E-state index contributed by atoms with van der Waals surface area (Å²) >= 11 is 0. The molecular weight excluding hydrogens is 324 g/mol. The molecule has 3 heterocycles. The molecule has 1 aliphatic heterocycles. The zero-order valence-corrected chi connectivity index (χ0v) is 14.9. The molecule has 134 valence electrons. The van der Waals surface area contributed by atoms with Gasteiger partial charge in [-0.25, -0.2) is 0 Å². The minimum atomic E-state index is -0.0591. The van der Waals surface area contributed by atoms with Crippen molar-refractivity contribution in [1.29, 1.82) is 0 Å². The van der Waals surface area contributed by atoms with E-state index in [4.69, 9.17) is 0 Å². The lowest BCUT2D eigenvalue weighted by Crippen LogP contribution is -2.30. The van der Waals surface area contributed by atoms with Crippen LogP contribution in [0.5, 0.6) is 0 Å². The molecule has 0 saturated carbocycles. The standard InChI is InChI=1S/C21H24N4O/c26-21(17-12-18(15-22-13-17)25-10-4-1-5-11-25)23-9-8-16-14-24-20-7-3-2-6-19(16)20/h2-3,6-7,12-15,24H,1,4-5,8-11H2,(H,23,26). The van der Waals surface area contributed by atoms with E-state index in [1.165, 1.54) is 30.2 Å². The van der Waals surface area contributed by atoms with Crippen LogP contribution in [0.25, 0.3) is 10.9 Å². The molecular formula is C21H24N4O. The molecule has 0 unspecified atom stereocenters. The summed E-state index contributed by atoms with van der Waals surface area (Å²) in [5, 5.41) is 4.24. The molecule has 1 fully saturated rings. The number of nitrogens with zero attached hydrogens (tertiary/aromatic N) is 2. The first-order chi connectivity index (χ1) is 12.8. The van der Waals surface area contributed by atoms with E-state index in [2.05, 4.69) is 32.3 Å². The van der Waals surface area contributed by atoms with Crippen LogP contribution in [0.2, 0.25) is 0 Å². The van der Waals surface area contributed by atoms with Gasteiger partial charge in [-0.1, -0.05) is 18.2 Å². The fraction of sp³-hybridized carbons (Fsp3) is 0.333. The number of para-hydroxylation sites is 1. The molecule has 3 aromatic rings. The average molecular weight is 348 g/mol. The molecule has 0 radical (unpaired) electrons. The summed E-state index contributed by atoms with van der Waals surface area (Å²) in [5.74, 6) is -0.0591. The molecule has 2 N–H and O–H groups in total. The maximum absolute atomic E-state index is 12.5. The van der Waals surface area contributed by atoms with E-state index in [0.717, 1.165) is 30.7 Å². The molecule has 5 heteroatoms. The number of nitrogens with one attached hydrogen (secondary N) is 2. The smallest absolute Gasteiger partial charge is 0.252 e. The van der Waals surface area contributed by atoms with Gasteiger partial charge in [-0.3, -0.25) is 9.78 Å². The number of hydrogen-bond donors (Lipinski definition) is 2. The molecule has 1 amide bonds. The van der Waals surface area contributed by atoms with Crippen LogP contribution in [0, 0.1) is 0 Å². The Bertz CT molecular complexity index is 896. The van der Waals surface area contributed by atoms with Crippen LogP contribution < -0.4 is 10.2 Å². The van der Waals surface area contributed by atoms with Gasteiger partial charge in [0.2, 0.25) is 0 Å². The number of rotatable bonds is 5. The van der Waals surface area contributed by atoms with Crippen molar-refractivity contribution in [2.75, 3.05) is 24.5 Å². The van der Waals surface area contributed by atoms with Gasteiger partial charge in [-0.2, -0.15) is 0 Å². The maximum Gasteiger partial charge on any atom is 0.252 e. The lowest BCUT2D eigenvalue weighted by molar-refractivity contribution is 0.0954. The number of hydrogen-bond acceptors (Lipinski definition) is 3. The van der Waals surface area contributed by atoms with Gasteiger partial charge in [0, 0.05) is 42.9 Å². The van der Waals surface area contributed by atoms with Crippen molar-refractivity contribution >= 4 is 22.5 Å². The highest BCUT2D eigenvalue weighted by Crippen LogP contribution is 2.20. The summed E-state index contributed by atoms with van der Waals surface area (Å²) in [6.07, 6.45) is 10.0. The zero-order chi connectivity index (χ0) is 17.8. The largest absolute Gasteiger partial charge is 0.370 e. The van der Waals surface area contributed by atoms with Crippen LogP contribution in [0.3, 0.4) is 0 Å². The number of piperidine rings is 1. The van der Waals surface area contributed by atoms with Gasteiger partial charge in [-0.15, -0.1) is 0 Å². The number of carbonyl (C=O) groups is 1. The fourth-order valence-corrected chi connectivity index (χ4v) is 3.63. The number of H-pyrrole nitrogens is 1. The minimum absolute atomic E-state index is 0.0591. The van der Waals surface area contributed by atoms with Crippen molar-refractivity contribution in [3.05, 3.63) is 60.0 Å². The molecule has 0 bridgehead atoms. The predicted molar refractivity (Wildman–Crippen MR) is 105 cm³/mol. The van der Waals surface area contributed by atoms with Gasteiger partial charge in [0.05, 0.1) is 17.4 Å². The van der Waals surface area contributed by atoms with Crippen molar-refractivity contribution in [3.63, 3.8) is 0 Å². The number of fused-ring (bicyclic) bond motifs is 1. The summed E-state index contributed by atoms with van der Waals surface area (Å²) < 4.78 is 0. The quantitative estimate of drug-likeness (QED) is 0.741. The molecule has 1 saturated heterocycles. The van der Waals surface area contributed by atoms with Crippen molar-refractivity contribution in [2.24, 2.45) is 0 Å². The van der Waals surface area contributed by atoms with Gasteiger partial charge < -0.3 is 15.2 Å². The maximum atomic E-state index is 12.5. The van der Waals surface area contributed by atoms with Crippen LogP contribution in [0.4, 0.5) is 5.69 Å². The average Bonchev–Trinajstić information content (AvgIpc) is 3.12. The third-order valence-corrected chi connectivity index (χ3v) is 5.06. The van der Waals surface area contributed by atoms with Crippen LogP contribution >= 0.6 is 0 Å². The normalized spacial score (nSPS) is 14.5. The van der Waals surface area contributed by atoms with Gasteiger partial charge >= 0.3 is 0 Å². The van der Waals surface area contributed by atoms with Crippen LogP contribution in [-0.4, -0.2) is 35.5 Å². The summed E-state index contributed by atoms with van der Waals surface area (Å²) in [4.78, 5) is 22.4. The van der Waals surface area contributed by atoms with Gasteiger partial charge in [0.15, 0.2) is 0 Å². The summed E-state index contributed by atoms with van der Waals surface area (Å²) in [6.45, 7) is 2.70. The number of carbonyl (C=O) groups excluding carboxylic acids is 1. The molecule has 4 rings (SSSR count). The Hall–Kier alpha value is -2.82. The number of amides is 1. The van der Waals surface area contributed by atoms with Crippen LogP contribution in [0.1, 0.15) is 35.2 Å². The van der Waals surface area contributed by atoms with E-state index in [9.17, 15) is 4.79 Å². The topological polar surface area (TPSA) is 61.0 Å². The molecule has 2 aromatic heterocycles. The SMILES string of the molecule is O=C(NCCc1c[nH]c2ccccc12)c1cncc(N2CCCCC2)c1. The highest BCUT2D eigenvalue weighted by Gasteiger charge is 2.14. The lowest BCUT2D eigenvalue weighted by atomic mass is 10.1. The van der Waals surface area contributed by atoms with Crippen molar-refractivity contribution < 1.29 is 4.79 Å². The molecule has 5 nitrogen and oxygen atoms in total. The first kappa shape index (κ1) is 16.6. The predicted octanol–water partition coefficient (Wildman–Crippen LogP) is 3.53. The van der Waals surface area contributed by atoms with Crippen LogP contribution in [-0.2, 0) is 6.42 Å². The van der Waals surface area contributed by atoms with E-state index >= 15 is 0 Å². The monoisotopic (exact) mass is 348 g/mol. The zero-order valence-electron chi connectivity index (χ0n) is 14.9. The number of anilines is 1. The molecule has 1 aliphatic rings. The van der Waals surface area contributed by atoms with Crippen molar-refractivity contribution in [2.45, 2.75) is 25.7 Å². The highest BCUT2D eigenvalue weighted by atomic mass is 16.1. The number of aromatic amines is 1. The Morgan fingerprint density at radius 1 is 1.15 bits per heavy atom. The van der Waals surface area contributed by atoms with E-state index in [1.807, 2.05) is 30.6 Å². The number of aromatic nitrogens is 2. The van der Waals surface area contributed by atoms with Gasteiger partial charge in [0.25, 0.3) is 5.91 Å². The third kappa shape index (κ3) is 3.57. The third-order valence-electron chi connectivity index (χ3n) is 5.06. The Labute approximate surface area is 153 Å². The summed E-state index contributed by atoms with van der Waals surface area (Å²) in [7, 11) is 0. The summed E-state index contributed by atoms with van der Waals surface area (Å²) in [5.41, 5.74) is 4.04. The highest BCUT2D eigenvalue weighted by molar-refractivity contribution is 5.94. The Morgan fingerprint density at radius 2 is 2.00 bits per heavy atom. The molecule has 26 heavy (non-hydrogen) atoms. The number of benzene rings is 1. The molecule has 0 aliphatic carbocycles. The molecule has 1 aromatic carbocycles. The van der Waals surface area contributed by atoms with E-state index in [-0.39, 0.29) is 5.91 Å². The van der Waals surface area contributed by atoms with E-state index in [0.29, 0.717) is 12.1 Å². The van der Waals surface area contributed by atoms with Crippen molar-refractivity contribution in [1.82, 2.24) is 15.3 Å². The second-order valence-electron chi connectivity index (χ2n) is 6.84. The molecule has 0 atom stereocenters. The lowest BCUT2D eigenvalue weighted by Gasteiger charge is -2.28. The first-order valence-corrected chi connectivity index (χ1v) is 9.34. The summed E-state index contributed by atoms with van der Waals surface area (Å²) in [6, 6.07) is 10.2. The second kappa shape index (κ2) is 7.60. The number of pyridine rings is 1. The Kier molecular flexibility index (Phi) is 4.86. The second-order valence-corrected chi connectivity index (χ2v) is 6.84. The van der Waals surface area contributed by atoms with Crippen LogP contribution in [0.15, 0.2) is 48.9 Å². The van der Waals surface area contributed by atoms with Gasteiger partial charge in [0.1, 0.15) is 0 Å². The Balaban J connectivity index is 1.37. The molecule has 0 spiro atoms. The van der Waals surface area contributed by atoms with E-state index in [1.54, 1.807) is 6.20 Å². The van der Waals surface area contributed by atoms with Gasteiger partial charge in [-0.05, 0) is 43.4 Å².